The summed E-state index contributed by atoms with van der Waals surface area (Å²) in [4.78, 5) is 0. The molecule has 0 atom stereocenters. The van der Waals surface area contributed by atoms with E-state index in [-0.39, 0.29) is 13.1 Å². The molecule has 0 unspecified atom stereocenters. The van der Waals surface area contributed by atoms with Crippen LogP contribution >= 0.6 is 0 Å². The van der Waals surface area contributed by atoms with Gasteiger partial charge in [0.1, 0.15) is 13.1 Å². The summed E-state index contributed by atoms with van der Waals surface area (Å²) in [7, 11) is -14.6. The summed E-state index contributed by atoms with van der Waals surface area (Å²) in [5, 5.41) is 0. The Labute approximate surface area is 110 Å². The summed E-state index contributed by atoms with van der Waals surface area (Å²) < 4.78 is 92.6. The summed E-state index contributed by atoms with van der Waals surface area (Å²) in [5.74, 6) is 0. The van der Waals surface area contributed by atoms with E-state index in [9.17, 15) is 16.8 Å². The van der Waals surface area contributed by atoms with Crippen molar-refractivity contribution in [1.82, 2.24) is 0 Å². The molecule has 1 fully saturated rings. The molecule has 116 valence electrons. The molecular weight excluding hydrogens is 330 g/mol. The minimum absolute atomic E-state index is 0.308. The molecule has 3 N–H and O–H groups in total. The van der Waals surface area contributed by atoms with Gasteiger partial charge in [-0.3, -0.25) is 4.55 Å². The molecule has 11 nitrogen and oxygen atoms in total. The first kappa shape index (κ1) is 18.7. The fourth-order valence-electron chi connectivity index (χ4n) is 1.57. The van der Waals surface area contributed by atoms with Crippen molar-refractivity contribution in [1.29, 1.82) is 0 Å². The molecule has 14 heteroatoms. The third-order valence-electron chi connectivity index (χ3n) is 2.34. The van der Waals surface area contributed by atoms with Crippen LogP contribution in [0.2, 0.25) is 0 Å². The predicted octanol–water partition coefficient (Wildman–Crippen LogP) is -1.40. The molecule has 0 aromatic rings. The van der Waals surface area contributed by atoms with Gasteiger partial charge in [-0.05, 0) is 19.3 Å². The van der Waals surface area contributed by atoms with Crippen molar-refractivity contribution in [3.8, 4) is 0 Å². The summed E-state index contributed by atoms with van der Waals surface area (Å²) >= 11 is 0. The summed E-state index contributed by atoms with van der Waals surface area (Å²) in [6, 6.07) is 0. The molecule has 1 aliphatic heterocycles. The average molecular weight is 343 g/mol. The molecular formula is C5H13NO10S3. The van der Waals surface area contributed by atoms with Crippen molar-refractivity contribution in [2.24, 2.45) is 0 Å². The molecule has 1 rings (SSSR count). The molecule has 0 aromatic carbocycles. The molecule has 0 spiro atoms. The predicted molar refractivity (Wildman–Crippen MR) is 59.3 cm³/mol. The van der Waals surface area contributed by atoms with Crippen molar-refractivity contribution in [3.63, 3.8) is 0 Å². The van der Waals surface area contributed by atoms with Crippen molar-refractivity contribution in [2.45, 2.75) is 19.3 Å². The van der Waals surface area contributed by atoms with E-state index in [1.54, 1.807) is 0 Å². The molecule has 0 aromatic heterocycles. The Morgan fingerprint density at radius 3 is 1.16 bits per heavy atom. The minimum Gasteiger partial charge on any atom is -0.726 e. The van der Waals surface area contributed by atoms with E-state index in [0.717, 1.165) is 0 Å². The zero-order valence-corrected chi connectivity index (χ0v) is 11.9. The third-order valence-corrected chi connectivity index (χ3v) is 5.88. The van der Waals surface area contributed by atoms with Gasteiger partial charge in [-0.15, -0.1) is 16.8 Å². The quantitative estimate of drug-likeness (QED) is 0.305. The third kappa shape index (κ3) is 5.65. The standard InChI is InChI=1S/C5H11NO6S2.H2O4S/c7-13(8,9)6(14(10,11)12)4-2-1-3-5-6;1-5(2,3)4/h1-5H2,(H-,7,8,9,10,11,12);(H2,1,2,3,4). The first-order valence-corrected chi connectivity index (χ1v) is 8.87. The highest BCUT2D eigenvalue weighted by atomic mass is 32.3. The van der Waals surface area contributed by atoms with Gasteiger partial charge in [0, 0.05) is 0 Å². The average Bonchev–Trinajstić information content (AvgIpc) is 2.12. The lowest BCUT2D eigenvalue weighted by atomic mass is 10.2. The summed E-state index contributed by atoms with van der Waals surface area (Å²) in [6.45, 7) is -0.616. The van der Waals surface area contributed by atoms with Crippen molar-refractivity contribution < 1.29 is 46.8 Å². The van der Waals surface area contributed by atoms with E-state index in [2.05, 4.69) is 0 Å². The molecule has 19 heavy (non-hydrogen) atoms. The number of rotatable bonds is 2. The molecule has 1 aliphatic rings. The second-order valence-corrected chi connectivity index (χ2v) is 7.92. The lowest BCUT2D eigenvalue weighted by molar-refractivity contribution is -0.691. The van der Waals surface area contributed by atoms with Gasteiger partial charge in [-0.2, -0.15) is 0 Å². The second-order valence-electron chi connectivity index (χ2n) is 3.65. The van der Waals surface area contributed by atoms with E-state index in [0.29, 0.717) is 19.3 Å². The van der Waals surface area contributed by atoms with E-state index in [1.165, 1.54) is 0 Å². The summed E-state index contributed by atoms with van der Waals surface area (Å²) in [6.07, 6.45) is 1.35. The van der Waals surface area contributed by atoms with Crippen molar-refractivity contribution in [3.05, 3.63) is 0 Å². The monoisotopic (exact) mass is 343 g/mol. The first-order chi connectivity index (χ1) is 8.21. The molecule has 0 aliphatic carbocycles. The normalized spacial score (nSPS) is 20.2. The van der Waals surface area contributed by atoms with Crippen LogP contribution in [0.3, 0.4) is 0 Å². The molecule has 0 saturated carbocycles. The highest BCUT2D eigenvalue weighted by Gasteiger charge is 2.53. The Morgan fingerprint density at radius 1 is 0.737 bits per heavy atom. The van der Waals surface area contributed by atoms with Gasteiger partial charge < -0.3 is 4.55 Å². The lowest BCUT2D eigenvalue weighted by Crippen LogP contribution is -2.58. The van der Waals surface area contributed by atoms with Gasteiger partial charge in [-0.1, -0.05) is 3.29 Å². The molecule has 0 bridgehead atoms. The number of quaternary nitrogens is 1. The van der Waals surface area contributed by atoms with Crippen LogP contribution in [-0.2, 0) is 31.0 Å². The van der Waals surface area contributed by atoms with Gasteiger partial charge in [0.05, 0.1) is 0 Å². The smallest absolute Gasteiger partial charge is 0.449 e. The van der Waals surface area contributed by atoms with E-state index < -0.39 is 34.3 Å². The Kier molecular flexibility index (Phi) is 5.85. The largest absolute Gasteiger partial charge is 0.726 e. The molecule has 0 radical (unpaired) electrons. The molecule has 1 heterocycles. The van der Waals surface area contributed by atoms with Crippen LogP contribution in [0.25, 0.3) is 0 Å². The van der Waals surface area contributed by atoms with Crippen LogP contribution in [0.4, 0.5) is 0 Å². The Bertz CT molecular complexity index is 554. The first-order valence-electron chi connectivity index (χ1n) is 4.71. The van der Waals surface area contributed by atoms with Gasteiger partial charge in [0.25, 0.3) is 0 Å². The van der Waals surface area contributed by atoms with Gasteiger partial charge >= 0.3 is 20.6 Å². The second kappa shape index (κ2) is 5.96. The fraction of sp³-hybridized carbons (Fsp3) is 1.00. The fourth-order valence-corrected chi connectivity index (χ4v) is 3.97. The zero-order chi connectivity index (χ0) is 15.5. The molecule has 0 amide bonds. The van der Waals surface area contributed by atoms with Crippen molar-refractivity contribution >= 4 is 31.0 Å². The Balaban J connectivity index is 0.000000555. The zero-order valence-electron chi connectivity index (χ0n) is 9.41. The molecule has 1 saturated heterocycles. The SMILES string of the molecule is O=S(=O)(O)[N+]1(S(=O)(=O)O)CCCCC1.O=S(=O)([O-])O. The van der Waals surface area contributed by atoms with Crippen LogP contribution in [0.15, 0.2) is 0 Å². The van der Waals surface area contributed by atoms with Crippen LogP contribution in [0.1, 0.15) is 19.3 Å². The highest BCUT2D eigenvalue weighted by Crippen LogP contribution is 2.27. The summed E-state index contributed by atoms with van der Waals surface area (Å²) in [5.41, 5.74) is 0. The van der Waals surface area contributed by atoms with Gasteiger partial charge in [0.2, 0.25) is 10.4 Å². The maximum Gasteiger partial charge on any atom is 0.449 e. The highest BCUT2D eigenvalue weighted by molar-refractivity contribution is 7.92. The van der Waals surface area contributed by atoms with Crippen LogP contribution in [-0.4, -0.2) is 59.8 Å². The van der Waals surface area contributed by atoms with E-state index >= 15 is 0 Å². The van der Waals surface area contributed by atoms with Crippen LogP contribution < -0.4 is 0 Å². The van der Waals surface area contributed by atoms with E-state index in [1.807, 2.05) is 0 Å². The number of hydrogen-bond acceptors (Lipinski definition) is 7. The maximum absolute atomic E-state index is 10.9. The Morgan fingerprint density at radius 2 is 1.00 bits per heavy atom. The lowest BCUT2D eigenvalue weighted by Gasteiger charge is -2.32. The van der Waals surface area contributed by atoms with Crippen LogP contribution in [0.5, 0.6) is 0 Å². The van der Waals surface area contributed by atoms with Gasteiger partial charge in [0.15, 0.2) is 0 Å². The van der Waals surface area contributed by atoms with Crippen LogP contribution in [0, 0.1) is 0 Å². The maximum atomic E-state index is 10.9. The Hall–Kier alpha value is -0.350. The van der Waals surface area contributed by atoms with Crippen molar-refractivity contribution in [2.75, 3.05) is 13.1 Å². The number of piperidine rings is 1. The number of hydrogen-bond donors (Lipinski definition) is 3. The number of nitrogens with zero attached hydrogens (tertiary/aromatic N) is 1. The minimum atomic E-state index is -4.92. The van der Waals surface area contributed by atoms with E-state index in [4.69, 9.17) is 26.6 Å². The topological polar surface area (TPSA) is 186 Å². The van der Waals surface area contributed by atoms with Gasteiger partial charge in [-0.25, -0.2) is 17.5 Å².